The Labute approximate surface area is 601 Å². The van der Waals surface area contributed by atoms with Crippen molar-refractivity contribution in [3.63, 3.8) is 0 Å². The van der Waals surface area contributed by atoms with Gasteiger partial charge in [0.2, 0.25) is 17.7 Å². The zero-order valence-corrected chi connectivity index (χ0v) is 60.0. The molecule has 3 aromatic carbocycles. The zero-order valence-electron chi connectivity index (χ0n) is 60.0. The lowest BCUT2D eigenvalue weighted by Gasteiger charge is -2.31. The highest BCUT2D eigenvalue weighted by Crippen LogP contribution is 2.43. The molecule has 4 atom stereocenters. The number of hydrogen-bond donors (Lipinski definition) is 4. The number of carbonyl (C=O) groups is 9. The number of ether oxygens (including phenoxy) is 9. The van der Waals surface area contributed by atoms with Gasteiger partial charge in [-0.05, 0) is 118 Å². The molecular formula is C79H95N5O19. The Bertz CT molecular complexity index is 3850. The number of nitrogens with zero attached hydrogens (tertiary/aromatic N) is 2. The number of allylic oxidation sites excluding steroid dienone is 15. The second-order valence-electron chi connectivity index (χ2n) is 24.9. The maximum absolute atomic E-state index is 14.5. The van der Waals surface area contributed by atoms with Gasteiger partial charge in [-0.1, -0.05) is 92.8 Å². The van der Waals surface area contributed by atoms with E-state index in [1.807, 2.05) is 71.1 Å². The minimum Gasteiger partial charge on any atom is -0.493 e. The molecule has 0 fully saturated rings. The summed E-state index contributed by atoms with van der Waals surface area (Å²) in [4.78, 5) is 120. The Morgan fingerprint density at radius 3 is 1.96 bits per heavy atom. The van der Waals surface area contributed by atoms with Crippen molar-refractivity contribution in [2.45, 2.75) is 111 Å². The Balaban J connectivity index is 0.848. The monoisotopic (exact) mass is 1420 g/mol. The number of hydrogen-bond acceptors (Lipinski definition) is 19. The summed E-state index contributed by atoms with van der Waals surface area (Å²) in [6, 6.07) is 10.9. The molecule has 24 nitrogen and oxygen atoms in total. The maximum atomic E-state index is 14.5. The summed E-state index contributed by atoms with van der Waals surface area (Å²) in [5, 5.41) is 20.4. The highest BCUT2D eigenvalue weighted by molar-refractivity contribution is 6.33. The second-order valence-corrected chi connectivity index (χ2v) is 24.9. The van der Waals surface area contributed by atoms with Crippen LogP contribution in [0.5, 0.6) is 23.0 Å². The predicted molar refractivity (Wildman–Crippen MR) is 389 cm³/mol. The van der Waals surface area contributed by atoms with Gasteiger partial charge in [0.05, 0.1) is 103 Å². The fraction of sp³-hybridized carbons (Fsp3) is 0.405. The lowest BCUT2D eigenvalue weighted by molar-refractivity contribution is -0.124. The topological polar surface area (TPSA) is 299 Å². The molecule has 0 radical (unpaired) electrons. The van der Waals surface area contributed by atoms with Crippen LogP contribution < -0.4 is 39.8 Å². The first-order valence-electron chi connectivity index (χ1n) is 34.4. The quantitative estimate of drug-likeness (QED) is 0.0135. The van der Waals surface area contributed by atoms with Crippen LogP contribution in [0, 0.1) is 11.8 Å². The number of rotatable bonds is 41. The van der Waals surface area contributed by atoms with Crippen molar-refractivity contribution in [2.24, 2.45) is 11.8 Å². The van der Waals surface area contributed by atoms with Gasteiger partial charge in [-0.15, -0.1) is 6.58 Å². The molecule has 0 saturated heterocycles. The average molecular weight is 1420 g/mol. The zero-order chi connectivity index (χ0) is 74.5. The number of fused-ring (bicyclic) bond motifs is 2. The van der Waals surface area contributed by atoms with Crippen LogP contribution in [-0.4, -0.2) is 168 Å². The molecule has 2 aliphatic carbocycles. The van der Waals surface area contributed by atoms with Crippen LogP contribution in [0.2, 0.25) is 0 Å². The molecule has 2 heterocycles. The number of amides is 5. The largest absolute Gasteiger partial charge is 0.493 e. The summed E-state index contributed by atoms with van der Waals surface area (Å²) in [5.41, 5.74) is 5.53. The minimum absolute atomic E-state index is 0.0139. The Kier molecular flexibility index (Phi) is 31.5. The van der Waals surface area contributed by atoms with E-state index in [9.17, 15) is 48.3 Å². The lowest BCUT2D eigenvalue weighted by atomic mass is 9.81. The molecule has 7 rings (SSSR count). The van der Waals surface area contributed by atoms with Gasteiger partial charge in [0, 0.05) is 72.8 Å². The molecule has 0 aromatic heterocycles. The standard InChI is InChI=1S/C79H95N5O19/c1-11-16-53-22-26-60(56(13-3)42-53)74(89)63-45-69(95-9)71(44-62(63)51(6)7)101-32-15-33-102-72-47-65-64(46-70(72)96-10)77(92)83-48-55(17-12-2)43-66(83)78(93)84(65)79(94)103-49-54-20-23-57(24-21-54)82-75(90)52(8)81-76(91)59(50(4)5)27-25-58(85)30-34-97-36-38-99-40-41-100-39-37-98-35-31-80-73(88)19-14-18-61-67(86)28-29-68(61)87/h11-13,16-18,20-24,26-29,44-48,50,52,56,66,78,93H,3,6,14-15,19,25,30-43,49H2,1-2,4-5,7-10H3,(H,80,88)(H,81,91)(H,82,90)/b16-11?,17-12?,59-27+. The van der Waals surface area contributed by atoms with E-state index in [0.29, 0.717) is 103 Å². The highest BCUT2D eigenvalue weighted by Gasteiger charge is 2.45. The fourth-order valence-electron chi connectivity index (χ4n) is 11.5. The van der Waals surface area contributed by atoms with Gasteiger partial charge in [-0.25, -0.2) is 9.69 Å². The summed E-state index contributed by atoms with van der Waals surface area (Å²) in [6.07, 6.45) is 19.5. The number of methoxy groups -OCH3 is 2. The number of aliphatic hydroxyl groups is 1. The van der Waals surface area contributed by atoms with Crippen LogP contribution in [0.1, 0.15) is 118 Å². The van der Waals surface area contributed by atoms with Crippen LogP contribution in [0.15, 0.2) is 163 Å². The van der Waals surface area contributed by atoms with E-state index in [0.717, 1.165) is 16.0 Å². The molecule has 3 aromatic rings. The number of nitrogens with one attached hydrogen (secondary N) is 3. The average Bonchev–Trinajstić information content (AvgIpc) is 1.62. The summed E-state index contributed by atoms with van der Waals surface area (Å²) in [7, 11) is 2.92. The molecule has 550 valence electrons. The van der Waals surface area contributed by atoms with E-state index in [1.54, 1.807) is 54.8 Å². The normalized spacial score (nSPS) is 16.7. The van der Waals surface area contributed by atoms with E-state index >= 15 is 0 Å². The number of carbonyl (C=O) groups excluding carboxylic acids is 9. The van der Waals surface area contributed by atoms with Gasteiger partial charge in [-0.2, -0.15) is 0 Å². The number of aliphatic hydroxyl groups excluding tert-OH is 1. The molecule has 103 heavy (non-hydrogen) atoms. The molecule has 4 unspecified atom stereocenters. The summed E-state index contributed by atoms with van der Waals surface area (Å²) >= 11 is 0. The molecule has 0 saturated carbocycles. The van der Waals surface area contributed by atoms with Crippen molar-refractivity contribution in [1.82, 2.24) is 15.5 Å². The third-order valence-corrected chi connectivity index (χ3v) is 17.0. The van der Waals surface area contributed by atoms with E-state index in [1.165, 1.54) is 56.4 Å². The van der Waals surface area contributed by atoms with Crippen LogP contribution >= 0.6 is 0 Å². The third kappa shape index (κ3) is 22.9. The van der Waals surface area contributed by atoms with E-state index in [4.69, 9.17) is 42.6 Å². The summed E-state index contributed by atoms with van der Waals surface area (Å²) in [5.74, 6) is -2.09. The molecule has 2 aliphatic heterocycles. The number of ketones is 4. The van der Waals surface area contributed by atoms with Crippen molar-refractivity contribution in [1.29, 1.82) is 0 Å². The highest BCUT2D eigenvalue weighted by atomic mass is 16.6. The van der Waals surface area contributed by atoms with E-state index < -0.39 is 42.1 Å². The minimum atomic E-state index is -1.59. The Hall–Kier alpha value is -10.1. The molecule has 0 bridgehead atoms. The molecule has 0 spiro atoms. The smallest absolute Gasteiger partial charge is 0.416 e. The predicted octanol–water partition coefficient (Wildman–Crippen LogP) is 10.5. The molecule has 24 heteroatoms. The lowest BCUT2D eigenvalue weighted by Crippen LogP contribution is -2.50. The second kappa shape index (κ2) is 40.5. The van der Waals surface area contributed by atoms with Crippen molar-refractivity contribution in [3.05, 3.63) is 185 Å². The number of Topliss-reactive ketones (excluding diaryl/α,β-unsaturated/α-hetero) is 2. The summed E-state index contributed by atoms with van der Waals surface area (Å²) in [6.45, 7) is 21.4. The van der Waals surface area contributed by atoms with Gasteiger partial charge in [0.1, 0.15) is 18.4 Å². The van der Waals surface area contributed by atoms with Crippen LogP contribution in [0.4, 0.5) is 16.2 Å². The van der Waals surface area contributed by atoms with Crippen molar-refractivity contribution < 1.29 is 90.9 Å². The van der Waals surface area contributed by atoms with E-state index in [2.05, 4.69) is 29.1 Å². The van der Waals surface area contributed by atoms with Gasteiger partial charge in [-0.3, -0.25) is 38.4 Å². The van der Waals surface area contributed by atoms with Gasteiger partial charge >= 0.3 is 6.09 Å². The SMILES string of the molecule is C=CC1CC(C=CC)=CC=C1C(=O)c1cc(OC)c(OCCCOc2cc3c(cc2OC)C(=O)N2C=C(C=CC)CC2C(O)N3C(=O)OCc2ccc(NC(=O)C(C)NC(=O)/C(=C/CC(=O)CCOCCOCCOCCOCCNC(=O)CCC=C3C(=O)C=CC3=O)C(C)C)cc2)cc1C(=C)C. The Morgan fingerprint density at radius 1 is 0.728 bits per heavy atom. The third-order valence-electron chi connectivity index (χ3n) is 17.0. The van der Waals surface area contributed by atoms with Gasteiger partial charge < -0.3 is 68.6 Å². The maximum Gasteiger partial charge on any atom is 0.416 e. The molecule has 5 amide bonds. The number of anilines is 2. The molecule has 4 aliphatic rings. The van der Waals surface area contributed by atoms with Gasteiger partial charge in [0.25, 0.3) is 5.91 Å². The van der Waals surface area contributed by atoms with Crippen LogP contribution in [0.3, 0.4) is 0 Å². The van der Waals surface area contributed by atoms with Crippen molar-refractivity contribution >= 4 is 69.8 Å². The van der Waals surface area contributed by atoms with Gasteiger partial charge in [0.15, 0.2) is 46.6 Å². The summed E-state index contributed by atoms with van der Waals surface area (Å²) < 4.78 is 51.9. The fourth-order valence-corrected chi connectivity index (χ4v) is 11.5. The number of benzene rings is 3. The van der Waals surface area contributed by atoms with Crippen molar-refractivity contribution in [2.75, 3.05) is 97.0 Å². The van der Waals surface area contributed by atoms with Crippen LogP contribution in [-0.2, 0) is 59.1 Å². The first kappa shape index (κ1) is 80.2. The van der Waals surface area contributed by atoms with Crippen molar-refractivity contribution in [3.8, 4) is 23.0 Å². The first-order chi connectivity index (χ1) is 49.6. The molecular weight excluding hydrogens is 1320 g/mol. The Morgan fingerprint density at radius 2 is 1.34 bits per heavy atom. The first-order valence-corrected chi connectivity index (χ1v) is 34.4. The molecule has 4 N–H and O–H groups in total. The van der Waals surface area contributed by atoms with Crippen LogP contribution in [0.25, 0.3) is 5.57 Å². The van der Waals surface area contributed by atoms with E-state index in [-0.39, 0.29) is 141 Å².